The highest BCUT2D eigenvalue weighted by atomic mass is 16.6. The Bertz CT molecular complexity index is 671. The number of esters is 1. The number of aromatic nitrogens is 1. The fourth-order valence-electron chi connectivity index (χ4n) is 3.22. The Labute approximate surface area is 149 Å². The number of piperidine rings is 1. The number of hydrogen-bond acceptors (Lipinski definition) is 9. The Kier molecular flexibility index (Phi) is 6.24. The van der Waals surface area contributed by atoms with Crippen molar-refractivity contribution in [1.82, 2.24) is 4.98 Å². The molecule has 0 bridgehead atoms. The number of nitrogens with zero attached hydrogens (tertiary/aromatic N) is 2. The molecule has 1 aliphatic carbocycles. The molecule has 1 saturated heterocycles. The predicted molar refractivity (Wildman–Crippen MR) is 88.5 cm³/mol. The van der Waals surface area contributed by atoms with Crippen LogP contribution in [0.25, 0.3) is 0 Å². The molecule has 3 rings (SSSR count). The molecule has 0 amide bonds. The molecule has 5 atom stereocenters. The van der Waals surface area contributed by atoms with Crippen molar-refractivity contribution in [2.24, 2.45) is 11.7 Å². The summed E-state index contributed by atoms with van der Waals surface area (Å²) in [7, 11) is 0. The number of ether oxygens (including phenoxy) is 1. The van der Waals surface area contributed by atoms with Crippen LogP contribution >= 0.6 is 0 Å². The third-order valence-corrected chi connectivity index (χ3v) is 4.50. The number of carbonyl (C=O) groups excluding carboxylic acids is 2. The molecule has 2 aliphatic rings. The number of anilines is 1. The van der Waals surface area contributed by atoms with E-state index >= 15 is 0 Å². The van der Waals surface area contributed by atoms with Crippen molar-refractivity contribution in [2.75, 3.05) is 11.4 Å². The summed E-state index contributed by atoms with van der Waals surface area (Å²) in [6.07, 6.45) is -1.04. The second kappa shape index (κ2) is 8.21. The first-order valence-electron chi connectivity index (χ1n) is 7.97. The molecule has 1 aromatic rings. The normalized spacial score (nSPS) is 25.3. The first kappa shape index (κ1) is 19.8. The van der Waals surface area contributed by atoms with Crippen molar-refractivity contribution in [1.29, 1.82) is 0 Å². The fraction of sp³-hybridized carbons (Fsp3) is 0.500. The van der Waals surface area contributed by atoms with Crippen molar-refractivity contribution < 1.29 is 34.4 Å². The number of aliphatic hydroxyl groups is 2. The number of carbonyl (C=O) groups is 3. The Hall–Kier alpha value is -2.56. The molecule has 142 valence electrons. The molecule has 0 aromatic carbocycles. The van der Waals surface area contributed by atoms with Gasteiger partial charge in [0.15, 0.2) is 12.2 Å². The number of rotatable bonds is 6. The zero-order valence-electron chi connectivity index (χ0n) is 13.9. The summed E-state index contributed by atoms with van der Waals surface area (Å²) in [6.45, 7) is 2.45. The van der Waals surface area contributed by atoms with E-state index in [1.807, 2.05) is 6.79 Å². The summed E-state index contributed by atoms with van der Waals surface area (Å²) in [5.41, 5.74) is 6.38. The highest BCUT2D eigenvalue weighted by molar-refractivity contribution is 5.86. The smallest absolute Gasteiger partial charge is 0.345 e. The number of aliphatic carboxylic acids is 1. The zero-order valence-corrected chi connectivity index (χ0v) is 13.9. The monoisotopic (exact) mass is 367 g/mol. The quantitative estimate of drug-likeness (QED) is 0.437. The number of carboxylic acid groups (broad SMARTS) is 1. The summed E-state index contributed by atoms with van der Waals surface area (Å²) in [5, 5.41) is 27.5. The van der Waals surface area contributed by atoms with Crippen LogP contribution in [-0.4, -0.2) is 69.9 Å². The Morgan fingerprint density at radius 3 is 2.65 bits per heavy atom. The van der Waals surface area contributed by atoms with E-state index in [1.54, 1.807) is 12.1 Å². The standard InChI is InChI=1S/C15H19N3O6.CH2O/c16-6-8-4-7-5-10(7)18(8)9-2-1-3-17-13(9)24-15(23)12(20)11(19)14(21)22;1-2/h1-3,7-8,10-12,19-20H,4-6,16H2,(H,21,22);1H2. The maximum Gasteiger partial charge on any atom is 0.345 e. The SMILES string of the molecule is C=O.NCC1CC2CC2N1c1cccnc1OC(=O)C(O)C(O)C(=O)O. The van der Waals surface area contributed by atoms with Crippen LogP contribution in [0.2, 0.25) is 0 Å². The van der Waals surface area contributed by atoms with E-state index in [9.17, 15) is 19.8 Å². The number of carboxylic acids is 1. The lowest BCUT2D eigenvalue weighted by atomic mass is 10.1. The number of aliphatic hydroxyl groups excluding tert-OH is 2. The molecule has 0 spiro atoms. The molecule has 5 N–H and O–H groups in total. The van der Waals surface area contributed by atoms with Gasteiger partial charge in [-0.15, -0.1) is 0 Å². The summed E-state index contributed by atoms with van der Waals surface area (Å²) < 4.78 is 5.04. The summed E-state index contributed by atoms with van der Waals surface area (Å²) in [6, 6.07) is 3.87. The van der Waals surface area contributed by atoms with Gasteiger partial charge < -0.3 is 35.5 Å². The van der Waals surface area contributed by atoms with Crippen LogP contribution < -0.4 is 15.4 Å². The average Bonchev–Trinajstić information content (AvgIpc) is 3.33. The Morgan fingerprint density at radius 2 is 2.04 bits per heavy atom. The molecule has 10 nitrogen and oxygen atoms in total. The van der Waals surface area contributed by atoms with Crippen molar-refractivity contribution in [3.63, 3.8) is 0 Å². The van der Waals surface area contributed by atoms with Gasteiger partial charge >= 0.3 is 11.9 Å². The molecule has 1 aromatic heterocycles. The lowest BCUT2D eigenvalue weighted by Crippen LogP contribution is -2.42. The second-order valence-corrected chi connectivity index (χ2v) is 6.07. The molecule has 1 aliphatic heterocycles. The lowest BCUT2D eigenvalue weighted by molar-refractivity contribution is -0.164. The molecule has 5 unspecified atom stereocenters. The highest BCUT2D eigenvalue weighted by Crippen LogP contribution is 2.51. The van der Waals surface area contributed by atoms with Gasteiger partial charge in [0, 0.05) is 24.8 Å². The molecule has 10 heteroatoms. The largest absolute Gasteiger partial charge is 0.479 e. The van der Waals surface area contributed by atoms with Crippen LogP contribution in [0.15, 0.2) is 18.3 Å². The van der Waals surface area contributed by atoms with Gasteiger partial charge in [0.2, 0.25) is 5.88 Å². The van der Waals surface area contributed by atoms with Gasteiger partial charge in [0.1, 0.15) is 12.5 Å². The summed E-state index contributed by atoms with van der Waals surface area (Å²) in [4.78, 5) is 36.6. The number of nitrogens with two attached hydrogens (primary N) is 1. The maximum atomic E-state index is 11.9. The van der Waals surface area contributed by atoms with Gasteiger partial charge in [-0.05, 0) is 30.9 Å². The van der Waals surface area contributed by atoms with Gasteiger partial charge in [-0.2, -0.15) is 0 Å². The predicted octanol–water partition coefficient (Wildman–Crippen LogP) is -1.47. The van der Waals surface area contributed by atoms with E-state index < -0.39 is 24.1 Å². The van der Waals surface area contributed by atoms with Gasteiger partial charge in [-0.3, -0.25) is 0 Å². The van der Waals surface area contributed by atoms with Gasteiger partial charge in [-0.1, -0.05) is 0 Å². The van der Waals surface area contributed by atoms with Crippen LogP contribution in [0.3, 0.4) is 0 Å². The summed E-state index contributed by atoms with van der Waals surface area (Å²) >= 11 is 0. The van der Waals surface area contributed by atoms with E-state index in [4.69, 9.17) is 20.4 Å². The van der Waals surface area contributed by atoms with Crippen LogP contribution in [-0.2, 0) is 14.4 Å². The molecule has 26 heavy (non-hydrogen) atoms. The zero-order chi connectivity index (χ0) is 19.4. The highest BCUT2D eigenvalue weighted by Gasteiger charge is 2.52. The van der Waals surface area contributed by atoms with Crippen LogP contribution in [0.4, 0.5) is 5.69 Å². The van der Waals surface area contributed by atoms with E-state index in [0.29, 0.717) is 24.2 Å². The topological polar surface area (TPSA) is 163 Å². The van der Waals surface area contributed by atoms with Crippen molar-refractivity contribution in [2.45, 2.75) is 37.1 Å². The first-order valence-corrected chi connectivity index (χ1v) is 7.97. The van der Waals surface area contributed by atoms with Crippen molar-refractivity contribution >= 4 is 24.4 Å². The van der Waals surface area contributed by atoms with Crippen LogP contribution in [0.5, 0.6) is 5.88 Å². The van der Waals surface area contributed by atoms with Crippen molar-refractivity contribution in [3.05, 3.63) is 18.3 Å². The molecular weight excluding hydrogens is 346 g/mol. The third-order valence-electron chi connectivity index (χ3n) is 4.50. The average molecular weight is 367 g/mol. The molecule has 1 saturated carbocycles. The summed E-state index contributed by atoms with van der Waals surface area (Å²) in [5.74, 6) is -2.46. The van der Waals surface area contributed by atoms with Gasteiger partial charge in [0.25, 0.3) is 0 Å². The number of hydrogen-bond donors (Lipinski definition) is 4. The minimum absolute atomic E-state index is 0.0369. The van der Waals surface area contributed by atoms with E-state index in [1.165, 1.54) is 6.20 Å². The minimum atomic E-state index is -2.26. The molecule has 2 fully saturated rings. The lowest BCUT2D eigenvalue weighted by Gasteiger charge is -2.29. The van der Waals surface area contributed by atoms with Gasteiger partial charge in [-0.25, -0.2) is 14.6 Å². The Balaban J connectivity index is 0.00000117. The van der Waals surface area contributed by atoms with Crippen molar-refractivity contribution in [3.8, 4) is 5.88 Å². The minimum Gasteiger partial charge on any atom is -0.479 e. The molecular formula is C16H21N3O7. The number of pyridine rings is 1. The second-order valence-electron chi connectivity index (χ2n) is 6.07. The number of fused-ring (bicyclic) bond motifs is 1. The van der Waals surface area contributed by atoms with Crippen LogP contribution in [0.1, 0.15) is 12.8 Å². The van der Waals surface area contributed by atoms with E-state index in [-0.39, 0.29) is 11.9 Å². The molecule has 0 radical (unpaired) electrons. The maximum absolute atomic E-state index is 11.9. The van der Waals surface area contributed by atoms with E-state index in [0.717, 1.165) is 12.8 Å². The van der Waals surface area contributed by atoms with Gasteiger partial charge in [0.05, 0.1) is 0 Å². The first-order chi connectivity index (χ1) is 12.4. The Morgan fingerprint density at radius 1 is 1.35 bits per heavy atom. The third kappa shape index (κ3) is 3.82. The van der Waals surface area contributed by atoms with Crippen LogP contribution in [0, 0.1) is 5.92 Å². The fourth-order valence-corrected chi connectivity index (χ4v) is 3.22. The van der Waals surface area contributed by atoms with E-state index in [2.05, 4.69) is 9.88 Å². The molecule has 2 heterocycles.